The summed E-state index contributed by atoms with van der Waals surface area (Å²) in [6.45, 7) is 7.71. The Morgan fingerprint density at radius 1 is 1.35 bits per heavy atom. The maximum atomic E-state index is 8.58. The Morgan fingerprint density at radius 3 is 2.60 bits per heavy atom. The molecule has 0 atom stereocenters. The van der Waals surface area contributed by atoms with E-state index in [0.29, 0.717) is 18.1 Å². The van der Waals surface area contributed by atoms with Gasteiger partial charge in [0.2, 0.25) is 0 Å². The molecule has 0 aliphatic carbocycles. The molecule has 6 heteroatoms. The van der Waals surface area contributed by atoms with E-state index < -0.39 is 0 Å². The van der Waals surface area contributed by atoms with Crippen LogP contribution in [-0.4, -0.2) is 49.7 Å². The second-order valence-corrected chi connectivity index (χ2v) is 5.01. The summed E-state index contributed by atoms with van der Waals surface area (Å²) in [6, 6.07) is 3.58. The number of likely N-dealkylation sites (N-methyl/N-ethyl adjacent to an activating group) is 1. The Hall–Kier alpha value is -1.27. The molecule has 0 unspecified atom stereocenters. The molecule has 0 aliphatic heterocycles. The van der Waals surface area contributed by atoms with Crippen molar-refractivity contribution in [2.24, 2.45) is 5.16 Å². The average molecular weight is 345 g/mol. The van der Waals surface area contributed by atoms with Crippen molar-refractivity contribution in [2.75, 3.05) is 33.4 Å². The number of rotatable bonds is 8. The third-order valence-electron chi connectivity index (χ3n) is 3.01. The van der Waals surface area contributed by atoms with Gasteiger partial charge in [-0.05, 0) is 41.2 Å². The van der Waals surface area contributed by atoms with Crippen molar-refractivity contribution >= 4 is 22.1 Å². The van der Waals surface area contributed by atoms with Gasteiger partial charge in [0.1, 0.15) is 6.61 Å². The molecule has 1 aromatic carbocycles. The van der Waals surface area contributed by atoms with Crippen LogP contribution in [0.25, 0.3) is 0 Å². The molecule has 5 nitrogen and oxygen atoms in total. The van der Waals surface area contributed by atoms with Crippen LogP contribution < -0.4 is 9.47 Å². The number of hydrogen-bond acceptors (Lipinski definition) is 5. The maximum absolute atomic E-state index is 8.58. The first kappa shape index (κ1) is 16.8. The summed E-state index contributed by atoms with van der Waals surface area (Å²) in [7, 11) is 1.58. The van der Waals surface area contributed by atoms with Crippen LogP contribution in [0.5, 0.6) is 11.5 Å². The third-order valence-corrected chi connectivity index (χ3v) is 3.60. The summed E-state index contributed by atoms with van der Waals surface area (Å²) in [5.41, 5.74) is 0.729. The minimum atomic E-state index is 0.587. The van der Waals surface area contributed by atoms with E-state index in [1.54, 1.807) is 13.2 Å². The van der Waals surface area contributed by atoms with Gasteiger partial charge in [-0.15, -0.1) is 0 Å². The molecule has 0 heterocycles. The van der Waals surface area contributed by atoms with Crippen LogP contribution in [0.1, 0.15) is 19.4 Å². The monoisotopic (exact) mass is 344 g/mol. The smallest absolute Gasteiger partial charge is 0.175 e. The lowest BCUT2D eigenvalue weighted by Crippen LogP contribution is -2.28. The van der Waals surface area contributed by atoms with E-state index in [4.69, 9.17) is 14.7 Å². The normalized spacial score (nSPS) is 11.2. The van der Waals surface area contributed by atoms with Gasteiger partial charge in [0.15, 0.2) is 11.5 Å². The molecule has 0 fully saturated rings. The van der Waals surface area contributed by atoms with Crippen LogP contribution in [0.4, 0.5) is 0 Å². The predicted molar refractivity (Wildman–Crippen MR) is 83.4 cm³/mol. The molecule has 0 saturated carbocycles. The molecule has 0 spiro atoms. The quantitative estimate of drug-likeness (QED) is 0.447. The van der Waals surface area contributed by atoms with E-state index in [2.05, 4.69) is 39.8 Å². The van der Waals surface area contributed by atoms with E-state index in [1.807, 2.05) is 6.07 Å². The minimum Gasteiger partial charge on any atom is -0.493 e. The number of nitrogens with zero attached hydrogens (tertiary/aromatic N) is 2. The largest absolute Gasteiger partial charge is 0.493 e. The van der Waals surface area contributed by atoms with Gasteiger partial charge in [-0.2, -0.15) is 0 Å². The van der Waals surface area contributed by atoms with Crippen LogP contribution in [0, 0.1) is 0 Å². The first-order valence-electron chi connectivity index (χ1n) is 6.56. The standard InChI is InChI=1S/C14H21BrN2O3/c1-4-17(5-2)6-7-20-14-12(15)8-11(10-16-18)9-13(14)19-3/h8-10,18H,4-7H2,1-3H3. The van der Waals surface area contributed by atoms with E-state index in [1.165, 1.54) is 6.21 Å². The number of benzene rings is 1. The van der Waals surface area contributed by atoms with E-state index in [9.17, 15) is 0 Å². The van der Waals surface area contributed by atoms with Crippen molar-refractivity contribution in [3.8, 4) is 11.5 Å². The minimum absolute atomic E-state index is 0.587. The van der Waals surface area contributed by atoms with Crippen LogP contribution >= 0.6 is 15.9 Å². The van der Waals surface area contributed by atoms with Crippen LogP contribution in [0.3, 0.4) is 0 Å². The highest BCUT2D eigenvalue weighted by molar-refractivity contribution is 9.10. The van der Waals surface area contributed by atoms with Gasteiger partial charge in [-0.25, -0.2) is 0 Å². The van der Waals surface area contributed by atoms with E-state index >= 15 is 0 Å². The van der Waals surface area contributed by atoms with E-state index in [-0.39, 0.29) is 0 Å². The number of methoxy groups -OCH3 is 1. The van der Waals surface area contributed by atoms with E-state index in [0.717, 1.165) is 29.7 Å². The third kappa shape index (κ3) is 4.68. The highest BCUT2D eigenvalue weighted by atomic mass is 79.9. The van der Waals surface area contributed by atoms with Gasteiger partial charge in [0, 0.05) is 12.1 Å². The zero-order valence-electron chi connectivity index (χ0n) is 12.1. The van der Waals surface area contributed by atoms with Gasteiger partial charge < -0.3 is 19.6 Å². The van der Waals surface area contributed by atoms with Crippen LogP contribution in [0.15, 0.2) is 21.8 Å². The molecule has 1 aromatic rings. The Kier molecular flexibility index (Phi) is 7.40. The Bertz CT molecular complexity index is 448. The maximum Gasteiger partial charge on any atom is 0.175 e. The topological polar surface area (TPSA) is 54.3 Å². The number of hydrogen-bond donors (Lipinski definition) is 1. The fourth-order valence-electron chi connectivity index (χ4n) is 1.84. The van der Waals surface area contributed by atoms with Crippen molar-refractivity contribution in [1.29, 1.82) is 0 Å². The first-order chi connectivity index (χ1) is 9.65. The Balaban J connectivity index is 2.78. The summed E-state index contributed by atoms with van der Waals surface area (Å²) in [4.78, 5) is 2.28. The lowest BCUT2D eigenvalue weighted by molar-refractivity contribution is 0.216. The molecule has 0 saturated heterocycles. The predicted octanol–water partition coefficient (Wildman–Crippen LogP) is 2.99. The molecule has 0 bridgehead atoms. The van der Waals surface area contributed by atoms with Crippen LogP contribution in [0.2, 0.25) is 0 Å². The zero-order chi connectivity index (χ0) is 15.0. The number of ether oxygens (including phenoxy) is 2. The molecule has 20 heavy (non-hydrogen) atoms. The van der Waals surface area contributed by atoms with Gasteiger partial charge in [0.05, 0.1) is 17.8 Å². The summed E-state index contributed by atoms with van der Waals surface area (Å²) < 4.78 is 11.9. The lowest BCUT2D eigenvalue weighted by Gasteiger charge is -2.19. The first-order valence-corrected chi connectivity index (χ1v) is 7.35. The molecule has 1 rings (SSSR count). The molecule has 1 N–H and O–H groups in total. The number of halogens is 1. The lowest BCUT2D eigenvalue weighted by atomic mass is 10.2. The second kappa shape index (κ2) is 8.81. The summed E-state index contributed by atoms with van der Waals surface area (Å²) in [5.74, 6) is 1.27. The second-order valence-electron chi connectivity index (χ2n) is 4.15. The highest BCUT2D eigenvalue weighted by Gasteiger charge is 2.11. The zero-order valence-corrected chi connectivity index (χ0v) is 13.7. The van der Waals surface area contributed by atoms with Crippen molar-refractivity contribution in [3.05, 3.63) is 22.2 Å². The Labute approximate surface area is 128 Å². The molecule has 112 valence electrons. The fourth-order valence-corrected chi connectivity index (χ4v) is 2.41. The van der Waals surface area contributed by atoms with Gasteiger partial charge in [0.25, 0.3) is 0 Å². The summed E-state index contributed by atoms with van der Waals surface area (Å²) in [5, 5.41) is 11.6. The van der Waals surface area contributed by atoms with Gasteiger partial charge >= 0.3 is 0 Å². The number of oxime groups is 1. The molecule has 0 radical (unpaired) electrons. The van der Waals surface area contributed by atoms with Crippen molar-refractivity contribution in [2.45, 2.75) is 13.8 Å². The van der Waals surface area contributed by atoms with Crippen LogP contribution in [-0.2, 0) is 0 Å². The average Bonchev–Trinajstić information content (AvgIpc) is 2.45. The SMILES string of the molecule is CCN(CC)CCOc1c(Br)cc(C=NO)cc1OC. The fraction of sp³-hybridized carbons (Fsp3) is 0.500. The molecular formula is C14H21BrN2O3. The highest BCUT2D eigenvalue weighted by Crippen LogP contribution is 2.36. The summed E-state index contributed by atoms with van der Waals surface area (Å²) in [6.07, 6.45) is 1.34. The van der Waals surface area contributed by atoms with Gasteiger partial charge in [-0.3, -0.25) is 0 Å². The van der Waals surface area contributed by atoms with Gasteiger partial charge in [-0.1, -0.05) is 19.0 Å². The molecule has 0 aromatic heterocycles. The summed E-state index contributed by atoms with van der Waals surface area (Å²) >= 11 is 3.45. The molecular weight excluding hydrogens is 324 g/mol. The molecule has 0 amide bonds. The van der Waals surface area contributed by atoms with Crippen molar-refractivity contribution in [3.63, 3.8) is 0 Å². The molecule has 0 aliphatic rings. The van der Waals surface area contributed by atoms with Crippen molar-refractivity contribution < 1.29 is 14.7 Å². The van der Waals surface area contributed by atoms with Crippen molar-refractivity contribution in [1.82, 2.24) is 4.90 Å². The Morgan fingerprint density at radius 2 is 2.05 bits per heavy atom.